The molecule has 0 radical (unpaired) electrons. The summed E-state index contributed by atoms with van der Waals surface area (Å²) >= 11 is 1.82. The first-order valence-corrected chi connectivity index (χ1v) is 8.08. The second kappa shape index (κ2) is 6.65. The molecule has 2 amide bonds. The number of carbonyl (C=O) groups is 1. The maximum absolute atomic E-state index is 12.1. The summed E-state index contributed by atoms with van der Waals surface area (Å²) in [6.07, 6.45) is 3.26. The van der Waals surface area contributed by atoms with Gasteiger partial charge in [0.15, 0.2) is 0 Å². The van der Waals surface area contributed by atoms with Crippen molar-refractivity contribution in [1.29, 1.82) is 0 Å². The van der Waals surface area contributed by atoms with Gasteiger partial charge in [-0.15, -0.1) is 0 Å². The van der Waals surface area contributed by atoms with Crippen molar-refractivity contribution < 1.29 is 9.21 Å². The van der Waals surface area contributed by atoms with Gasteiger partial charge in [0.25, 0.3) is 0 Å². The lowest BCUT2D eigenvalue weighted by molar-refractivity contribution is 0.217. The summed E-state index contributed by atoms with van der Waals surface area (Å²) in [5, 5.41) is 2.61. The van der Waals surface area contributed by atoms with Gasteiger partial charge in [-0.3, -0.25) is 4.98 Å². The van der Waals surface area contributed by atoms with Crippen LogP contribution in [0, 0.1) is 0 Å². The Labute approximate surface area is 131 Å². The maximum atomic E-state index is 12.1. The molecule has 1 aliphatic rings. The zero-order valence-corrected chi connectivity index (χ0v) is 12.6. The maximum Gasteiger partial charge on any atom is 0.360 e. The largest absolute Gasteiger partial charge is 0.421 e. The fourth-order valence-electron chi connectivity index (χ4n) is 2.13. The molecule has 0 saturated carbocycles. The van der Waals surface area contributed by atoms with Crippen LogP contribution >= 0.6 is 11.8 Å². The first-order valence-electron chi connectivity index (χ1n) is 6.92. The van der Waals surface area contributed by atoms with E-state index in [4.69, 9.17) is 4.42 Å². The molecule has 3 heterocycles. The van der Waals surface area contributed by atoms with Gasteiger partial charge in [-0.1, -0.05) is 0 Å². The summed E-state index contributed by atoms with van der Waals surface area (Å²) in [5.74, 6) is 2.26. The van der Waals surface area contributed by atoms with Crippen molar-refractivity contribution in [2.24, 2.45) is 0 Å². The van der Waals surface area contributed by atoms with Gasteiger partial charge in [-0.2, -0.15) is 11.8 Å². The topological polar surface area (TPSA) is 75.4 Å². The van der Waals surface area contributed by atoms with Crippen LogP contribution in [0.25, 0.3) is 11.3 Å². The van der Waals surface area contributed by atoms with Crippen LogP contribution in [0.4, 0.5) is 10.5 Å². The molecule has 114 valence electrons. The number of amides is 2. The zero-order valence-electron chi connectivity index (χ0n) is 11.8. The highest BCUT2D eigenvalue weighted by Gasteiger charge is 2.18. The average Bonchev–Trinajstić information content (AvgIpc) is 2.58. The quantitative estimate of drug-likeness (QED) is 0.919. The molecular formula is C15H15N3O3S. The normalized spacial score (nSPS) is 14.6. The zero-order chi connectivity index (χ0) is 15.4. The molecule has 0 atom stereocenters. The van der Waals surface area contributed by atoms with Gasteiger partial charge >= 0.3 is 11.7 Å². The van der Waals surface area contributed by atoms with E-state index in [0.29, 0.717) is 24.4 Å². The lowest BCUT2D eigenvalue weighted by atomic mass is 10.2. The smallest absolute Gasteiger partial charge is 0.360 e. The minimum atomic E-state index is -0.568. The Morgan fingerprint density at radius 1 is 1.27 bits per heavy atom. The summed E-state index contributed by atoms with van der Waals surface area (Å²) in [7, 11) is 0. The van der Waals surface area contributed by atoms with Crippen molar-refractivity contribution in [3.8, 4) is 11.3 Å². The van der Waals surface area contributed by atoms with Gasteiger partial charge in [0.1, 0.15) is 11.4 Å². The predicted octanol–water partition coefficient (Wildman–Crippen LogP) is 2.28. The highest BCUT2D eigenvalue weighted by atomic mass is 32.2. The second-order valence-electron chi connectivity index (χ2n) is 4.77. The van der Waals surface area contributed by atoms with Crippen LogP contribution in [0.1, 0.15) is 0 Å². The molecule has 22 heavy (non-hydrogen) atoms. The van der Waals surface area contributed by atoms with E-state index in [1.165, 1.54) is 0 Å². The van der Waals surface area contributed by atoms with Gasteiger partial charge < -0.3 is 14.6 Å². The Morgan fingerprint density at radius 2 is 2.09 bits per heavy atom. The lowest BCUT2D eigenvalue weighted by Gasteiger charge is -2.26. The summed E-state index contributed by atoms with van der Waals surface area (Å²) in [6, 6.07) is 6.51. The molecule has 2 aromatic rings. The van der Waals surface area contributed by atoms with E-state index in [2.05, 4.69) is 10.3 Å². The van der Waals surface area contributed by atoms with Gasteiger partial charge in [-0.05, 0) is 24.3 Å². The van der Waals surface area contributed by atoms with Gasteiger partial charge in [0, 0.05) is 42.6 Å². The molecule has 1 fully saturated rings. The molecule has 3 rings (SSSR count). The molecule has 0 spiro atoms. The average molecular weight is 317 g/mol. The number of nitrogens with one attached hydrogen (secondary N) is 1. The van der Waals surface area contributed by atoms with Crippen LogP contribution < -0.4 is 10.9 Å². The van der Waals surface area contributed by atoms with E-state index in [1.807, 2.05) is 11.8 Å². The van der Waals surface area contributed by atoms with Crippen LogP contribution in [-0.2, 0) is 0 Å². The second-order valence-corrected chi connectivity index (χ2v) is 6.00. The van der Waals surface area contributed by atoms with Crippen LogP contribution in [-0.4, -0.2) is 40.5 Å². The molecule has 0 unspecified atom stereocenters. The summed E-state index contributed by atoms with van der Waals surface area (Å²) in [5.41, 5.74) is 0.294. The van der Waals surface area contributed by atoms with Crippen LogP contribution in [0.2, 0.25) is 0 Å². The summed E-state index contributed by atoms with van der Waals surface area (Å²) in [4.78, 5) is 29.8. The first kappa shape index (κ1) is 14.6. The molecule has 2 aromatic heterocycles. The minimum absolute atomic E-state index is 0.149. The Balaban J connectivity index is 1.75. The molecule has 0 bridgehead atoms. The number of thioether (sulfide) groups is 1. The fourth-order valence-corrected chi connectivity index (χ4v) is 3.04. The molecule has 1 aliphatic heterocycles. The number of pyridine rings is 1. The van der Waals surface area contributed by atoms with Gasteiger partial charge in [0.2, 0.25) is 0 Å². The van der Waals surface area contributed by atoms with Crippen molar-refractivity contribution >= 4 is 23.5 Å². The van der Waals surface area contributed by atoms with Crippen LogP contribution in [0.5, 0.6) is 0 Å². The minimum Gasteiger partial charge on any atom is -0.421 e. The van der Waals surface area contributed by atoms with Crippen LogP contribution in [0.3, 0.4) is 0 Å². The molecule has 0 aliphatic carbocycles. The highest BCUT2D eigenvalue weighted by molar-refractivity contribution is 7.99. The Bertz CT molecular complexity index is 711. The molecule has 0 aromatic carbocycles. The molecule has 7 heteroatoms. The van der Waals surface area contributed by atoms with Crippen molar-refractivity contribution in [3.63, 3.8) is 0 Å². The van der Waals surface area contributed by atoms with Crippen molar-refractivity contribution in [2.45, 2.75) is 0 Å². The third-order valence-electron chi connectivity index (χ3n) is 3.31. The summed E-state index contributed by atoms with van der Waals surface area (Å²) < 4.78 is 5.25. The number of rotatable bonds is 2. The van der Waals surface area contributed by atoms with E-state index < -0.39 is 5.63 Å². The third kappa shape index (κ3) is 3.30. The van der Waals surface area contributed by atoms with E-state index in [9.17, 15) is 9.59 Å². The number of carbonyl (C=O) groups excluding carboxylic acids is 1. The lowest BCUT2D eigenvalue weighted by Crippen LogP contribution is -2.41. The van der Waals surface area contributed by atoms with Gasteiger partial charge in [0.05, 0.1) is 0 Å². The number of hydrogen-bond acceptors (Lipinski definition) is 5. The molecule has 6 nitrogen and oxygen atoms in total. The standard InChI is InChI=1S/C15H15N3O3S/c19-14-12(17-15(20)18-6-8-22-9-7-18)3-4-13(21-14)11-2-1-5-16-10-11/h1-5,10H,6-9H2,(H,17,20). The highest BCUT2D eigenvalue weighted by Crippen LogP contribution is 2.18. The predicted molar refractivity (Wildman–Crippen MR) is 86.1 cm³/mol. The molecule has 1 N–H and O–H groups in total. The van der Waals surface area contributed by atoms with E-state index in [-0.39, 0.29) is 11.7 Å². The molecular weight excluding hydrogens is 302 g/mol. The van der Waals surface area contributed by atoms with Crippen LogP contribution in [0.15, 0.2) is 45.9 Å². The number of hydrogen-bond donors (Lipinski definition) is 1. The Hall–Kier alpha value is -2.28. The van der Waals surface area contributed by atoms with E-state index >= 15 is 0 Å². The first-order chi connectivity index (χ1) is 10.7. The Kier molecular flexibility index (Phi) is 4.43. The van der Waals surface area contributed by atoms with Crippen molar-refractivity contribution in [3.05, 3.63) is 47.1 Å². The summed E-state index contributed by atoms with van der Waals surface area (Å²) in [6.45, 7) is 1.38. The van der Waals surface area contributed by atoms with Gasteiger partial charge in [-0.25, -0.2) is 9.59 Å². The number of nitrogens with zero attached hydrogens (tertiary/aromatic N) is 2. The molecule has 1 saturated heterocycles. The van der Waals surface area contributed by atoms with E-state index in [1.54, 1.807) is 41.6 Å². The fraction of sp³-hybridized carbons (Fsp3) is 0.267. The van der Waals surface area contributed by atoms with E-state index in [0.717, 1.165) is 11.5 Å². The monoisotopic (exact) mass is 317 g/mol. The SMILES string of the molecule is O=C(Nc1ccc(-c2cccnc2)oc1=O)N1CCSCC1. The number of anilines is 1. The Morgan fingerprint density at radius 3 is 2.77 bits per heavy atom. The van der Waals surface area contributed by atoms with Crippen molar-refractivity contribution in [2.75, 3.05) is 29.9 Å². The third-order valence-corrected chi connectivity index (χ3v) is 4.25. The van der Waals surface area contributed by atoms with Crippen molar-refractivity contribution in [1.82, 2.24) is 9.88 Å². The number of urea groups is 1. The number of aromatic nitrogens is 1.